The number of aliphatic carboxylic acids is 2. The highest BCUT2D eigenvalue weighted by Gasteiger charge is 2.37. The third-order valence-corrected chi connectivity index (χ3v) is 5.54. The average Bonchev–Trinajstić information content (AvgIpc) is 2.45. The van der Waals surface area contributed by atoms with Gasteiger partial charge in [0.15, 0.2) is 0 Å². The first kappa shape index (κ1) is 18.8. The minimum Gasteiger partial charge on any atom is -0.480 e. The van der Waals surface area contributed by atoms with Crippen molar-refractivity contribution in [1.29, 1.82) is 0 Å². The van der Waals surface area contributed by atoms with Gasteiger partial charge >= 0.3 is 11.9 Å². The van der Waals surface area contributed by atoms with Crippen LogP contribution in [-0.2, 0) is 20.4 Å². The normalized spacial score (nSPS) is 15.2. The summed E-state index contributed by atoms with van der Waals surface area (Å²) in [6.45, 7) is 7.00. The molecule has 2 atom stereocenters. The Hall–Kier alpha value is -1.26. The fourth-order valence-electron chi connectivity index (χ4n) is 2.24. The van der Waals surface area contributed by atoms with Gasteiger partial charge in [0, 0.05) is 10.8 Å². The molecule has 0 aliphatic carbocycles. The zero-order valence-electron chi connectivity index (χ0n) is 12.9. The number of alkyl halides is 2. The molecule has 0 radical (unpaired) electrons. The Balaban J connectivity index is 3.15. The van der Waals surface area contributed by atoms with Gasteiger partial charge in [0.1, 0.15) is 10.8 Å². The van der Waals surface area contributed by atoms with Gasteiger partial charge in [0.05, 0.1) is 0 Å². The lowest BCUT2D eigenvalue weighted by atomic mass is 9.77. The molecule has 0 bridgehead atoms. The second-order valence-corrected chi connectivity index (χ2v) is 7.30. The second kappa shape index (κ2) is 6.47. The zero-order chi connectivity index (χ0) is 17.3. The Morgan fingerprint density at radius 3 is 1.23 bits per heavy atom. The third kappa shape index (κ3) is 3.55. The van der Waals surface area contributed by atoms with Crippen molar-refractivity contribution in [2.45, 2.75) is 49.3 Å². The molecule has 0 saturated carbocycles. The second-order valence-electron chi connectivity index (χ2n) is 6.42. The summed E-state index contributed by atoms with van der Waals surface area (Å²) < 4.78 is 0. The molecule has 122 valence electrons. The number of hydrogen-bond acceptors (Lipinski definition) is 2. The lowest BCUT2D eigenvalue weighted by Gasteiger charge is -2.31. The first-order valence-corrected chi connectivity index (χ1v) is 7.64. The highest BCUT2D eigenvalue weighted by Crippen LogP contribution is 2.35. The SMILES string of the molecule is CC(C)(c1ccc(C(C)(C)C(Cl)C(=O)O)cc1)C(Cl)C(=O)O. The van der Waals surface area contributed by atoms with E-state index in [1.54, 1.807) is 52.0 Å². The molecule has 0 aromatic heterocycles. The van der Waals surface area contributed by atoms with Crippen molar-refractivity contribution in [2.75, 3.05) is 0 Å². The van der Waals surface area contributed by atoms with Crippen LogP contribution < -0.4 is 0 Å². The van der Waals surface area contributed by atoms with Crippen molar-refractivity contribution in [3.8, 4) is 0 Å². The summed E-state index contributed by atoms with van der Waals surface area (Å²) in [5, 5.41) is 16.0. The first-order valence-electron chi connectivity index (χ1n) is 6.77. The monoisotopic (exact) mass is 346 g/mol. The largest absolute Gasteiger partial charge is 0.480 e. The molecule has 0 spiro atoms. The molecule has 0 aliphatic heterocycles. The highest BCUT2D eigenvalue weighted by atomic mass is 35.5. The Labute approximate surface area is 140 Å². The van der Waals surface area contributed by atoms with Crippen molar-refractivity contribution in [3.63, 3.8) is 0 Å². The van der Waals surface area contributed by atoms with Crippen LogP contribution in [-0.4, -0.2) is 32.9 Å². The van der Waals surface area contributed by atoms with E-state index in [0.717, 1.165) is 11.1 Å². The summed E-state index contributed by atoms with van der Waals surface area (Å²) in [7, 11) is 0. The van der Waals surface area contributed by atoms with E-state index in [1.807, 2.05) is 0 Å². The van der Waals surface area contributed by atoms with Gasteiger partial charge in [0.25, 0.3) is 0 Å². The standard InChI is InChI=1S/C16H20Cl2O4/c1-15(2,11(17)13(19)20)9-5-7-10(8-6-9)16(3,4)12(18)14(21)22/h5-8,11-12H,1-4H3,(H,19,20)(H,21,22). The van der Waals surface area contributed by atoms with Crippen molar-refractivity contribution in [2.24, 2.45) is 0 Å². The third-order valence-electron chi connectivity index (χ3n) is 4.07. The topological polar surface area (TPSA) is 74.6 Å². The van der Waals surface area contributed by atoms with E-state index < -0.39 is 33.5 Å². The smallest absolute Gasteiger partial charge is 0.322 e. The van der Waals surface area contributed by atoms with Crippen LogP contribution in [0.4, 0.5) is 0 Å². The Kier molecular flexibility index (Phi) is 5.52. The van der Waals surface area contributed by atoms with Crippen LogP contribution in [0.3, 0.4) is 0 Å². The Morgan fingerprint density at radius 2 is 1.05 bits per heavy atom. The van der Waals surface area contributed by atoms with Gasteiger partial charge in [0.2, 0.25) is 0 Å². The van der Waals surface area contributed by atoms with Crippen LogP contribution in [0, 0.1) is 0 Å². The van der Waals surface area contributed by atoms with Gasteiger partial charge in [-0.15, -0.1) is 23.2 Å². The lowest BCUT2D eigenvalue weighted by Crippen LogP contribution is -2.37. The van der Waals surface area contributed by atoms with E-state index in [4.69, 9.17) is 33.4 Å². The number of carboxylic acids is 2. The summed E-state index contributed by atoms with van der Waals surface area (Å²) in [6.07, 6.45) is 0. The molecule has 0 fully saturated rings. The summed E-state index contributed by atoms with van der Waals surface area (Å²) in [6, 6.07) is 7.06. The number of hydrogen-bond donors (Lipinski definition) is 2. The molecule has 1 rings (SSSR count). The van der Waals surface area contributed by atoms with Crippen molar-refractivity contribution >= 4 is 35.1 Å². The first-order chi connectivity index (χ1) is 9.92. The lowest BCUT2D eigenvalue weighted by molar-refractivity contribution is -0.138. The maximum Gasteiger partial charge on any atom is 0.322 e. The fourth-order valence-corrected chi connectivity index (χ4v) is 2.49. The number of carboxylic acid groups (broad SMARTS) is 2. The molecular weight excluding hydrogens is 327 g/mol. The molecule has 2 unspecified atom stereocenters. The molecule has 0 aliphatic rings. The molecule has 4 nitrogen and oxygen atoms in total. The summed E-state index contributed by atoms with van der Waals surface area (Å²) in [5.74, 6) is -2.16. The molecule has 1 aromatic rings. The molecule has 0 amide bonds. The van der Waals surface area contributed by atoms with Crippen LogP contribution in [0.1, 0.15) is 38.8 Å². The predicted molar refractivity (Wildman–Crippen MR) is 87.0 cm³/mol. The van der Waals surface area contributed by atoms with Crippen molar-refractivity contribution in [3.05, 3.63) is 35.4 Å². The van der Waals surface area contributed by atoms with Crippen LogP contribution in [0.2, 0.25) is 0 Å². The molecule has 0 saturated heterocycles. The van der Waals surface area contributed by atoms with Crippen molar-refractivity contribution in [1.82, 2.24) is 0 Å². The molecule has 22 heavy (non-hydrogen) atoms. The summed E-state index contributed by atoms with van der Waals surface area (Å²) in [5.41, 5.74) is -0.00120. The minimum absolute atomic E-state index is 0.760. The van der Waals surface area contributed by atoms with E-state index in [-0.39, 0.29) is 0 Å². The maximum atomic E-state index is 11.1. The van der Waals surface area contributed by atoms with Gasteiger partial charge < -0.3 is 10.2 Å². The van der Waals surface area contributed by atoms with Crippen LogP contribution in [0.15, 0.2) is 24.3 Å². The van der Waals surface area contributed by atoms with Crippen LogP contribution >= 0.6 is 23.2 Å². The van der Waals surface area contributed by atoms with Gasteiger partial charge in [-0.25, -0.2) is 0 Å². The number of rotatable bonds is 6. The quantitative estimate of drug-likeness (QED) is 0.771. The summed E-state index contributed by atoms with van der Waals surface area (Å²) >= 11 is 11.9. The maximum absolute atomic E-state index is 11.1. The van der Waals surface area contributed by atoms with E-state index in [1.165, 1.54) is 0 Å². The van der Waals surface area contributed by atoms with E-state index in [9.17, 15) is 9.59 Å². The highest BCUT2D eigenvalue weighted by molar-refractivity contribution is 6.31. The number of carbonyl (C=O) groups is 2. The van der Waals surface area contributed by atoms with Gasteiger partial charge in [-0.3, -0.25) is 9.59 Å². The fraction of sp³-hybridized carbons (Fsp3) is 0.500. The number of benzene rings is 1. The minimum atomic E-state index is -1.08. The molecule has 1 aromatic carbocycles. The summed E-state index contributed by atoms with van der Waals surface area (Å²) in [4.78, 5) is 22.2. The van der Waals surface area contributed by atoms with Gasteiger partial charge in [-0.2, -0.15) is 0 Å². The zero-order valence-corrected chi connectivity index (χ0v) is 14.4. The molecule has 0 heterocycles. The van der Waals surface area contributed by atoms with Crippen molar-refractivity contribution < 1.29 is 19.8 Å². The van der Waals surface area contributed by atoms with E-state index in [0.29, 0.717) is 0 Å². The molecule has 2 N–H and O–H groups in total. The Morgan fingerprint density at radius 1 is 0.818 bits per heavy atom. The van der Waals surface area contributed by atoms with Crippen LogP contribution in [0.5, 0.6) is 0 Å². The predicted octanol–water partition coefficient (Wildman–Crippen LogP) is 3.63. The van der Waals surface area contributed by atoms with Crippen LogP contribution in [0.25, 0.3) is 0 Å². The van der Waals surface area contributed by atoms with Gasteiger partial charge in [-0.05, 0) is 11.1 Å². The molecule has 6 heteroatoms. The average molecular weight is 347 g/mol. The molecular formula is C16H20Cl2O4. The van der Waals surface area contributed by atoms with E-state index >= 15 is 0 Å². The van der Waals surface area contributed by atoms with Gasteiger partial charge in [-0.1, -0.05) is 52.0 Å². The van der Waals surface area contributed by atoms with E-state index in [2.05, 4.69) is 0 Å². The number of halogens is 2. The Bertz CT molecular complexity index is 513.